The number of imide groups is 1. The highest BCUT2D eigenvalue weighted by Gasteiger charge is 2.49. The first-order valence-corrected chi connectivity index (χ1v) is 10.4. The monoisotopic (exact) mass is 378 g/mol. The zero-order chi connectivity index (χ0) is 18.9. The molecule has 2 heterocycles. The molecule has 0 aliphatic carbocycles. The summed E-state index contributed by atoms with van der Waals surface area (Å²) in [5, 5.41) is 2.67. The third kappa shape index (κ3) is 3.65. The molecule has 26 heavy (non-hydrogen) atoms. The number of carbonyl (C=O) groups excluding carboxylic acids is 3. The SMILES string of the molecule is CC1(c2ccccc2)CC(=O)N(CCC(=O)NC2CCS(=O)(=O)C2)C1=O. The highest BCUT2D eigenvalue weighted by atomic mass is 32.2. The molecule has 2 aliphatic heterocycles. The highest BCUT2D eigenvalue weighted by molar-refractivity contribution is 7.91. The quantitative estimate of drug-likeness (QED) is 0.748. The highest BCUT2D eigenvalue weighted by Crippen LogP contribution is 2.36. The molecule has 3 rings (SSSR count). The van der Waals surface area contributed by atoms with Crippen LogP contribution in [-0.2, 0) is 29.6 Å². The molecule has 2 fully saturated rings. The first-order valence-electron chi connectivity index (χ1n) is 8.61. The third-order valence-electron chi connectivity index (χ3n) is 5.09. The van der Waals surface area contributed by atoms with Crippen LogP contribution in [0, 0.1) is 0 Å². The van der Waals surface area contributed by atoms with Gasteiger partial charge in [0.15, 0.2) is 9.84 Å². The molecule has 8 heteroatoms. The van der Waals surface area contributed by atoms with Crippen molar-refractivity contribution in [2.45, 2.75) is 37.6 Å². The Morgan fingerprint density at radius 3 is 2.58 bits per heavy atom. The second kappa shape index (κ2) is 6.83. The second-order valence-corrected chi connectivity index (χ2v) is 9.37. The van der Waals surface area contributed by atoms with E-state index in [1.807, 2.05) is 30.3 Å². The molecule has 2 unspecified atom stereocenters. The summed E-state index contributed by atoms with van der Waals surface area (Å²) in [5.41, 5.74) is -0.129. The van der Waals surface area contributed by atoms with Crippen molar-refractivity contribution in [2.24, 2.45) is 0 Å². The summed E-state index contributed by atoms with van der Waals surface area (Å²) in [5.74, 6) is -0.911. The number of hydrogen-bond donors (Lipinski definition) is 1. The predicted octanol–water partition coefficient (Wildman–Crippen LogP) is 0.397. The number of nitrogens with one attached hydrogen (secondary N) is 1. The predicted molar refractivity (Wildman–Crippen MR) is 94.9 cm³/mol. The van der Waals surface area contributed by atoms with Crippen LogP contribution in [0.15, 0.2) is 30.3 Å². The lowest BCUT2D eigenvalue weighted by Crippen LogP contribution is -2.41. The summed E-state index contributed by atoms with van der Waals surface area (Å²) in [6.45, 7) is 1.75. The van der Waals surface area contributed by atoms with Gasteiger partial charge >= 0.3 is 0 Å². The van der Waals surface area contributed by atoms with E-state index < -0.39 is 15.3 Å². The van der Waals surface area contributed by atoms with Crippen molar-refractivity contribution < 1.29 is 22.8 Å². The number of benzene rings is 1. The first kappa shape index (κ1) is 18.6. The molecular weight excluding hydrogens is 356 g/mol. The van der Waals surface area contributed by atoms with Crippen molar-refractivity contribution in [2.75, 3.05) is 18.1 Å². The van der Waals surface area contributed by atoms with Gasteiger partial charge in [-0.1, -0.05) is 30.3 Å². The van der Waals surface area contributed by atoms with E-state index >= 15 is 0 Å². The number of amides is 3. The van der Waals surface area contributed by atoms with Gasteiger partial charge in [0.05, 0.1) is 16.9 Å². The first-order chi connectivity index (χ1) is 12.2. The minimum atomic E-state index is -3.07. The molecule has 0 spiro atoms. The maximum absolute atomic E-state index is 12.8. The second-order valence-electron chi connectivity index (χ2n) is 7.14. The van der Waals surface area contributed by atoms with Crippen LogP contribution in [0.25, 0.3) is 0 Å². The standard InChI is InChI=1S/C18H22N2O5S/c1-18(13-5-3-2-4-6-13)11-16(22)20(17(18)23)9-7-15(21)19-14-8-10-26(24,25)12-14/h2-6,14H,7-12H2,1H3,(H,19,21). The Kier molecular flexibility index (Phi) is 4.88. The molecule has 140 valence electrons. The molecule has 1 aromatic rings. The Morgan fingerprint density at radius 2 is 1.96 bits per heavy atom. The summed E-state index contributed by atoms with van der Waals surface area (Å²) in [4.78, 5) is 38.3. The Hall–Kier alpha value is -2.22. The molecule has 0 radical (unpaired) electrons. The normalized spacial score (nSPS) is 27.7. The van der Waals surface area contributed by atoms with Gasteiger partial charge in [-0.05, 0) is 18.9 Å². The molecular formula is C18H22N2O5S. The zero-order valence-corrected chi connectivity index (χ0v) is 15.4. The Labute approximate surface area is 152 Å². The van der Waals surface area contributed by atoms with Crippen LogP contribution in [0.5, 0.6) is 0 Å². The minimum absolute atomic E-state index is 0.00535. The molecule has 2 atom stereocenters. The summed E-state index contributed by atoms with van der Waals surface area (Å²) in [6.07, 6.45) is 0.457. The van der Waals surface area contributed by atoms with Crippen LogP contribution >= 0.6 is 0 Å². The molecule has 1 N–H and O–H groups in total. The van der Waals surface area contributed by atoms with E-state index in [0.29, 0.717) is 6.42 Å². The number of nitrogens with zero attached hydrogens (tertiary/aromatic N) is 1. The van der Waals surface area contributed by atoms with Gasteiger partial charge in [-0.15, -0.1) is 0 Å². The molecule has 1 aromatic carbocycles. The average Bonchev–Trinajstić information content (AvgIpc) is 3.04. The van der Waals surface area contributed by atoms with Crippen LogP contribution < -0.4 is 5.32 Å². The Bertz CT molecular complexity index is 836. The van der Waals surface area contributed by atoms with Gasteiger partial charge in [-0.2, -0.15) is 0 Å². The van der Waals surface area contributed by atoms with E-state index in [9.17, 15) is 22.8 Å². The van der Waals surface area contributed by atoms with E-state index in [4.69, 9.17) is 0 Å². The van der Waals surface area contributed by atoms with Crippen LogP contribution in [0.4, 0.5) is 0 Å². The summed E-state index contributed by atoms with van der Waals surface area (Å²) >= 11 is 0. The molecule has 7 nitrogen and oxygen atoms in total. The zero-order valence-electron chi connectivity index (χ0n) is 14.6. The lowest BCUT2D eigenvalue weighted by Gasteiger charge is -2.22. The molecule has 0 aromatic heterocycles. The smallest absolute Gasteiger partial charge is 0.240 e. The lowest BCUT2D eigenvalue weighted by atomic mass is 9.81. The number of hydrogen-bond acceptors (Lipinski definition) is 5. The van der Waals surface area contributed by atoms with Crippen molar-refractivity contribution >= 4 is 27.6 Å². The molecule has 0 bridgehead atoms. The van der Waals surface area contributed by atoms with Crippen LogP contribution in [0.3, 0.4) is 0 Å². The number of likely N-dealkylation sites (tertiary alicyclic amines) is 1. The molecule has 0 saturated carbocycles. The topological polar surface area (TPSA) is 101 Å². The number of rotatable bonds is 5. The molecule has 3 amide bonds. The maximum Gasteiger partial charge on any atom is 0.240 e. The minimum Gasteiger partial charge on any atom is -0.352 e. The van der Waals surface area contributed by atoms with Gasteiger partial charge in [-0.3, -0.25) is 19.3 Å². The van der Waals surface area contributed by atoms with Gasteiger partial charge in [0, 0.05) is 25.4 Å². The fourth-order valence-corrected chi connectivity index (χ4v) is 5.24. The number of carbonyl (C=O) groups is 3. The van der Waals surface area contributed by atoms with Crippen LogP contribution in [0.1, 0.15) is 31.7 Å². The van der Waals surface area contributed by atoms with Crippen molar-refractivity contribution in [1.29, 1.82) is 0 Å². The third-order valence-corrected chi connectivity index (χ3v) is 6.86. The van der Waals surface area contributed by atoms with E-state index in [1.165, 1.54) is 0 Å². The van der Waals surface area contributed by atoms with Crippen molar-refractivity contribution in [3.05, 3.63) is 35.9 Å². The maximum atomic E-state index is 12.8. The molecule has 2 saturated heterocycles. The van der Waals surface area contributed by atoms with Gasteiger partial charge in [-0.25, -0.2) is 8.42 Å². The van der Waals surface area contributed by atoms with Crippen molar-refractivity contribution in [3.8, 4) is 0 Å². The van der Waals surface area contributed by atoms with E-state index in [-0.39, 0.29) is 54.7 Å². The van der Waals surface area contributed by atoms with Crippen molar-refractivity contribution in [1.82, 2.24) is 10.2 Å². The fourth-order valence-electron chi connectivity index (χ4n) is 3.56. The Morgan fingerprint density at radius 1 is 1.27 bits per heavy atom. The lowest BCUT2D eigenvalue weighted by molar-refractivity contribution is -0.140. The van der Waals surface area contributed by atoms with E-state index in [0.717, 1.165) is 10.5 Å². The van der Waals surface area contributed by atoms with Gasteiger partial charge in [0.1, 0.15) is 0 Å². The van der Waals surface area contributed by atoms with Gasteiger partial charge in [0.25, 0.3) is 0 Å². The summed E-state index contributed by atoms with van der Waals surface area (Å²) in [6, 6.07) is 8.75. The average molecular weight is 378 g/mol. The van der Waals surface area contributed by atoms with Crippen molar-refractivity contribution in [3.63, 3.8) is 0 Å². The molecule has 2 aliphatic rings. The number of sulfone groups is 1. The van der Waals surface area contributed by atoms with E-state index in [1.54, 1.807) is 6.92 Å². The van der Waals surface area contributed by atoms with E-state index in [2.05, 4.69) is 5.32 Å². The fraction of sp³-hybridized carbons (Fsp3) is 0.500. The summed E-state index contributed by atoms with van der Waals surface area (Å²) < 4.78 is 22.9. The summed E-state index contributed by atoms with van der Waals surface area (Å²) in [7, 11) is -3.07. The van der Waals surface area contributed by atoms with Gasteiger partial charge in [0.2, 0.25) is 17.7 Å². The Balaban J connectivity index is 1.59. The van der Waals surface area contributed by atoms with Crippen LogP contribution in [0.2, 0.25) is 0 Å². The largest absolute Gasteiger partial charge is 0.352 e. The van der Waals surface area contributed by atoms with Gasteiger partial charge < -0.3 is 5.32 Å². The van der Waals surface area contributed by atoms with Crippen LogP contribution in [-0.4, -0.2) is 55.1 Å².